The molecular formula is C11H18N2O5S2. The van der Waals surface area contributed by atoms with E-state index in [0.717, 1.165) is 6.26 Å². The van der Waals surface area contributed by atoms with Gasteiger partial charge in [-0.05, 0) is 12.1 Å². The minimum absolute atomic E-state index is 0.0564. The number of nitrogen functional groups attached to an aromatic ring is 1. The molecule has 1 rings (SSSR count). The molecule has 20 heavy (non-hydrogen) atoms. The van der Waals surface area contributed by atoms with Crippen molar-refractivity contribution < 1.29 is 21.6 Å². The Bertz CT molecular complexity index is 641. The maximum Gasteiger partial charge on any atom is 0.212 e. The lowest BCUT2D eigenvalue weighted by atomic mass is 10.3. The van der Waals surface area contributed by atoms with Gasteiger partial charge in [0, 0.05) is 24.6 Å². The van der Waals surface area contributed by atoms with Crippen LogP contribution in [0.5, 0.6) is 5.75 Å². The van der Waals surface area contributed by atoms with Crippen LogP contribution in [0, 0.1) is 0 Å². The van der Waals surface area contributed by atoms with Crippen molar-refractivity contribution in [3.8, 4) is 5.75 Å². The largest absolute Gasteiger partial charge is 0.492 e. The highest BCUT2D eigenvalue weighted by Gasteiger charge is 2.13. The lowest BCUT2D eigenvalue weighted by Crippen LogP contribution is -2.32. The highest BCUT2D eigenvalue weighted by molar-refractivity contribution is 7.93. The third-order valence-corrected chi connectivity index (χ3v) is 4.86. The number of rotatable bonds is 8. The summed E-state index contributed by atoms with van der Waals surface area (Å²) in [6, 6.07) is 6.76. The average Bonchev–Trinajstić information content (AvgIpc) is 2.32. The van der Waals surface area contributed by atoms with Gasteiger partial charge in [-0.1, -0.05) is 6.07 Å². The summed E-state index contributed by atoms with van der Waals surface area (Å²) < 4.78 is 52.3. The molecule has 0 radical (unpaired) electrons. The van der Waals surface area contributed by atoms with Crippen LogP contribution < -0.4 is 15.2 Å². The van der Waals surface area contributed by atoms with Gasteiger partial charge in [0.1, 0.15) is 22.2 Å². The minimum Gasteiger partial charge on any atom is -0.492 e. The van der Waals surface area contributed by atoms with Crippen molar-refractivity contribution in [3.05, 3.63) is 24.3 Å². The second kappa shape index (κ2) is 6.91. The molecule has 0 aliphatic heterocycles. The first-order valence-electron chi connectivity index (χ1n) is 5.81. The van der Waals surface area contributed by atoms with Crippen LogP contribution in [-0.2, 0) is 19.9 Å². The number of anilines is 1. The normalized spacial score (nSPS) is 12.2. The van der Waals surface area contributed by atoms with Gasteiger partial charge in [0.25, 0.3) is 0 Å². The van der Waals surface area contributed by atoms with Crippen molar-refractivity contribution >= 4 is 25.5 Å². The number of sulfone groups is 1. The Balaban J connectivity index is 2.33. The highest BCUT2D eigenvalue weighted by atomic mass is 32.2. The van der Waals surface area contributed by atoms with E-state index in [0.29, 0.717) is 11.4 Å². The van der Waals surface area contributed by atoms with E-state index in [4.69, 9.17) is 10.5 Å². The maximum absolute atomic E-state index is 11.5. The molecule has 0 saturated carbocycles. The van der Waals surface area contributed by atoms with E-state index in [9.17, 15) is 16.8 Å². The van der Waals surface area contributed by atoms with Gasteiger partial charge in [-0.2, -0.15) is 0 Å². The zero-order valence-corrected chi connectivity index (χ0v) is 12.7. The van der Waals surface area contributed by atoms with E-state index in [1.165, 1.54) is 0 Å². The van der Waals surface area contributed by atoms with Crippen LogP contribution >= 0.6 is 0 Å². The highest BCUT2D eigenvalue weighted by Crippen LogP contribution is 2.13. The molecule has 0 bridgehead atoms. The first-order chi connectivity index (χ1) is 9.18. The van der Waals surface area contributed by atoms with Crippen LogP contribution in [0.1, 0.15) is 0 Å². The predicted molar refractivity (Wildman–Crippen MR) is 77.8 cm³/mol. The van der Waals surface area contributed by atoms with Gasteiger partial charge in [0.05, 0.1) is 11.5 Å². The number of nitrogens with two attached hydrogens (primary N) is 1. The van der Waals surface area contributed by atoms with Crippen molar-refractivity contribution in [2.24, 2.45) is 0 Å². The third-order valence-electron chi connectivity index (χ3n) is 2.27. The van der Waals surface area contributed by atoms with Crippen molar-refractivity contribution in [1.82, 2.24) is 4.72 Å². The Morgan fingerprint density at radius 1 is 1.20 bits per heavy atom. The van der Waals surface area contributed by atoms with Gasteiger partial charge in [-0.25, -0.2) is 21.6 Å². The molecule has 0 aromatic heterocycles. The number of nitrogens with one attached hydrogen (secondary N) is 1. The van der Waals surface area contributed by atoms with Gasteiger partial charge in [0.15, 0.2) is 0 Å². The fourth-order valence-corrected chi connectivity index (χ4v) is 3.93. The van der Waals surface area contributed by atoms with E-state index >= 15 is 0 Å². The lowest BCUT2D eigenvalue weighted by molar-refractivity contribution is 0.323. The summed E-state index contributed by atoms with van der Waals surface area (Å²) in [5, 5.41) is 0. The molecular weight excluding hydrogens is 304 g/mol. The Hall–Kier alpha value is -1.32. The second-order valence-corrected chi connectivity index (χ2v) is 8.45. The van der Waals surface area contributed by atoms with Crippen LogP contribution in [0.3, 0.4) is 0 Å². The topological polar surface area (TPSA) is 116 Å². The summed E-state index contributed by atoms with van der Waals surface area (Å²) in [6.45, 7) is 0.183. The Morgan fingerprint density at radius 3 is 2.50 bits per heavy atom. The standard InChI is InChI=1S/C11H18N2O5S2/c1-19(14,15)7-8-20(16,17)13-5-6-18-11-4-2-3-10(12)9-11/h2-4,9,13H,5-8,12H2,1H3. The molecule has 0 aliphatic carbocycles. The maximum atomic E-state index is 11.5. The fourth-order valence-electron chi connectivity index (χ4n) is 1.30. The zero-order valence-electron chi connectivity index (χ0n) is 11.1. The second-order valence-electron chi connectivity index (χ2n) is 4.26. The first kappa shape index (κ1) is 16.7. The molecule has 1 aromatic rings. The molecule has 0 unspecified atom stereocenters. The van der Waals surface area contributed by atoms with Gasteiger partial charge in [-0.3, -0.25) is 0 Å². The fraction of sp³-hybridized carbons (Fsp3) is 0.455. The van der Waals surface area contributed by atoms with Gasteiger partial charge in [-0.15, -0.1) is 0 Å². The molecule has 114 valence electrons. The summed E-state index contributed by atoms with van der Waals surface area (Å²) in [5.41, 5.74) is 6.12. The van der Waals surface area contributed by atoms with E-state index in [1.54, 1.807) is 24.3 Å². The number of ether oxygens (including phenoxy) is 1. The summed E-state index contributed by atoms with van der Waals surface area (Å²) in [5.74, 6) is -0.317. The molecule has 0 fully saturated rings. The number of hydrogen-bond acceptors (Lipinski definition) is 6. The van der Waals surface area contributed by atoms with Crippen molar-refractivity contribution in [2.45, 2.75) is 0 Å². The van der Waals surface area contributed by atoms with Gasteiger partial charge in [0.2, 0.25) is 10.0 Å². The van der Waals surface area contributed by atoms with Crippen LogP contribution in [0.15, 0.2) is 24.3 Å². The van der Waals surface area contributed by atoms with Crippen molar-refractivity contribution in [3.63, 3.8) is 0 Å². The molecule has 0 spiro atoms. The van der Waals surface area contributed by atoms with Crippen molar-refractivity contribution in [1.29, 1.82) is 0 Å². The zero-order chi connectivity index (χ0) is 15.2. The Kier molecular flexibility index (Phi) is 5.78. The van der Waals surface area contributed by atoms with E-state index in [1.807, 2.05) is 0 Å². The van der Waals surface area contributed by atoms with E-state index in [-0.39, 0.29) is 13.2 Å². The molecule has 0 amide bonds. The Labute approximate surface area is 119 Å². The molecule has 0 heterocycles. The summed E-state index contributed by atoms with van der Waals surface area (Å²) in [7, 11) is -6.91. The minimum atomic E-state index is -3.61. The molecule has 0 saturated heterocycles. The molecule has 3 N–H and O–H groups in total. The monoisotopic (exact) mass is 322 g/mol. The molecule has 1 aromatic carbocycles. The quantitative estimate of drug-likeness (QED) is 0.497. The van der Waals surface area contributed by atoms with Crippen molar-refractivity contribution in [2.75, 3.05) is 36.6 Å². The summed E-state index contributed by atoms with van der Waals surface area (Å²) >= 11 is 0. The smallest absolute Gasteiger partial charge is 0.212 e. The van der Waals surface area contributed by atoms with Crippen LogP contribution in [0.4, 0.5) is 5.69 Å². The Morgan fingerprint density at radius 2 is 1.90 bits per heavy atom. The molecule has 9 heteroatoms. The van der Waals surface area contributed by atoms with Gasteiger partial charge < -0.3 is 10.5 Å². The number of benzene rings is 1. The predicted octanol–water partition coefficient (Wildman–Crippen LogP) is -0.388. The van der Waals surface area contributed by atoms with Crippen LogP contribution in [-0.4, -0.2) is 47.7 Å². The van der Waals surface area contributed by atoms with Crippen LogP contribution in [0.25, 0.3) is 0 Å². The third kappa shape index (κ3) is 7.31. The lowest BCUT2D eigenvalue weighted by Gasteiger charge is -2.08. The average molecular weight is 322 g/mol. The first-order valence-corrected chi connectivity index (χ1v) is 9.53. The summed E-state index contributed by atoms with van der Waals surface area (Å²) in [6.07, 6.45) is 0.992. The van der Waals surface area contributed by atoms with Crippen LogP contribution in [0.2, 0.25) is 0 Å². The molecule has 0 aliphatic rings. The van der Waals surface area contributed by atoms with E-state index < -0.39 is 31.4 Å². The number of hydrogen-bond donors (Lipinski definition) is 2. The SMILES string of the molecule is CS(=O)(=O)CCS(=O)(=O)NCCOc1cccc(N)c1. The number of sulfonamides is 1. The van der Waals surface area contributed by atoms with E-state index in [2.05, 4.69) is 4.72 Å². The summed E-state index contributed by atoms with van der Waals surface area (Å²) in [4.78, 5) is 0. The van der Waals surface area contributed by atoms with Gasteiger partial charge >= 0.3 is 0 Å². The molecule has 0 atom stereocenters. The molecule has 7 nitrogen and oxygen atoms in total.